The SMILES string of the molecule is COC(=O)c1ccc(N2C[C@H]3[C@@H](C2=O)[C@H](c2cccc(Br)c2F)[C@]2(C(=O)Nc4cc(Cl)ccc42)N3CC2CC2)cc1F. The zero-order valence-corrected chi connectivity index (χ0v) is 24.7. The van der Waals surface area contributed by atoms with Crippen molar-refractivity contribution in [3.05, 3.63) is 92.4 Å². The average molecular weight is 657 g/mol. The van der Waals surface area contributed by atoms with Gasteiger partial charge in [-0.15, -0.1) is 0 Å². The van der Waals surface area contributed by atoms with Crippen molar-refractivity contribution in [1.29, 1.82) is 0 Å². The number of anilines is 2. The van der Waals surface area contributed by atoms with E-state index in [1.54, 1.807) is 36.4 Å². The number of nitrogens with one attached hydrogen (secondary N) is 1. The monoisotopic (exact) mass is 655 g/mol. The molecule has 1 N–H and O–H groups in total. The Kier molecular flexibility index (Phi) is 6.45. The first kappa shape index (κ1) is 27.5. The number of esters is 1. The lowest BCUT2D eigenvalue weighted by atomic mass is 9.71. The van der Waals surface area contributed by atoms with Gasteiger partial charge < -0.3 is 15.0 Å². The Balaban J connectivity index is 1.41. The van der Waals surface area contributed by atoms with Crippen molar-refractivity contribution in [3.63, 3.8) is 0 Å². The molecule has 3 fully saturated rings. The van der Waals surface area contributed by atoms with E-state index in [1.165, 1.54) is 17.0 Å². The van der Waals surface area contributed by atoms with Crippen LogP contribution in [-0.2, 0) is 19.9 Å². The summed E-state index contributed by atoms with van der Waals surface area (Å²) in [5.74, 6) is -4.22. The van der Waals surface area contributed by atoms with Crippen LogP contribution in [0.1, 0.15) is 40.2 Å². The van der Waals surface area contributed by atoms with E-state index in [4.69, 9.17) is 11.6 Å². The van der Waals surface area contributed by atoms with Gasteiger partial charge in [-0.3, -0.25) is 14.5 Å². The summed E-state index contributed by atoms with van der Waals surface area (Å²) in [5.41, 5.74) is 0.118. The molecule has 7 rings (SSSR count). The van der Waals surface area contributed by atoms with Crippen LogP contribution in [0.5, 0.6) is 0 Å². The zero-order valence-electron chi connectivity index (χ0n) is 22.4. The number of rotatable bonds is 5. The summed E-state index contributed by atoms with van der Waals surface area (Å²) in [6.45, 7) is 0.705. The van der Waals surface area contributed by atoms with Gasteiger partial charge >= 0.3 is 5.97 Å². The van der Waals surface area contributed by atoms with Gasteiger partial charge in [-0.05, 0) is 76.7 Å². The molecule has 0 unspecified atom stereocenters. The first-order valence-electron chi connectivity index (χ1n) is 13.7. The van der Waals surface area contributed by atoms with Gasteiger partial charge in [-0.1, -0.05) is 29.8 Å². The van der Waals surface area contributed by atoms with Crippen molar-refractivity contribution in [2.75, 3.05) is 30.4 Å². The zero-order chi connectivity index (χ0) is 29.5. The minimum atomic E-state index is -1.36. The molecule has 0 bridgehead atoms. The van der Waals surface area contributed by atoms with Crippen LogP contribution in [0.15, 0.2) is 59.1 Å². The molecule has 0 radical (unpaired) electrons. The highest BCUT2D eigenvalue weighted by atomic mass is 79.9. The maximum absolute atomic E-state index is 16.0. The van der Waals surface area contributed by atoms with E-state index in [-0.39, 0.29) is 39.6 Å². The second kappa shape index (κ2) is 9.86. The molecule has 2 amide bonds. The molecule has 3 heterocycles. The summed E-state index contributed by atoms with van der Waals surface area (Å²) in [5, 5.41) is 3.43. The van der Waals surface area contributed by atoms with Gasteiger partial charge in [-0.2, -0.15) is 0 Å². The van der Waals surface area contributed by atoms with Crippen molar-refractivity contribution in [1.82, 2.24) is 4.90 Å². The van der Waals surface area contributed by atoms with Gasteiger partial charge in [0.1, 0.15) is 17.2 Å². The highest BCUT2D eigenvalue weighted by Crippen LogP contribution is 2.62. The molecule has 7 nitrogen and oxygen atoms in total. The number of benzene rings is 3. The van der Waals surface area contributed by atoms with Crippen LogP contribution in [0, 0.1) is 23.5 Å². The number of hydrogen-bond donors (Lipinski definition) is 1. The molecule has 2 saturated heterocycles. The fourth-order valence-corrected chi connectivity index (χ4v) is 7.75. The van der Waals surface area contributed by atoms with Crippen LogP contribution >= 0.6 is 27.5 Å². The number of likely N-dealkylation sites (tertiary alicyclic amines) is 1. The standard InChI is InChI=1S/C31H25BrClF2N3O4/c1-42-29(40)18-9-8-17(12-22(18)34)37-14-24-25(28(37)39)26(19-3-2-4-21(32)27(19)35)31(38(24)13-15-5-6-15)20-10-7-16(33)11-23(20)36-30(31)41/h2-4,7-12,15,24-26H,5-6,13-14H2,1H3,(H,36,41)/t24-,25+,26-,31+/m0/s1. The van der Waals surface area contributed by atoms with E-state index in [9.17, 15) is 18.8 Å². The first-order valence-corrected chi connectivity index (χ1v) is 14.8. The van der Waals surface area contributed by atoms with E-state index < -0.39 is 41.0 Å². The normalized spacial score (nSPS) is 26.5. The molecule has 0 aromatic heterocycles. The number of carbonyl (C=O) groups is 3. The van der Waals surface area contributed by atoms with Crippen LogP contribution in [0.3, 0.4) is 0 Å². The Bertz CT molecular complexity index is 1680. The maximum Gasteiger partial charge on any atom is 0.340 e. The first-order chi connectivity index (χ1) is 20.2. The summed E-state index contributed by atoms with van der Waals surface area (Å²) >= 11 is 9.60. The second-order valence-electron chi connectivity index (χ2n) is 11.3. The van der Waals surface area contributed by atoms with Crippen molar-refractivity contribution in [2.45, 2.75) is 30.3 Å². The topological polar surface area (TPSA) is 78.9 Å². The predicted octanol–water partition coefficient (Wildman–Crippen LogP) is 5.86. The lowest BCUT2D eigenvalue weighted by molar-refractivity contribution is -0.128. The number of ether oxygens (including phenoxy) is 1. The van der Waals surface area contributed by atoms with Gasteiger partial charge in [0.2, 0.25) is 11.8 Å². The number of amides is 2. The van der Waals surface area contributed by atoms with Crippen molar-refractivity contribution in [2.24, 2.45) is 11.8 Å². The molecule has 1 aliphatic carbocycles. The van der Waals surface area contributed by atoms with Crippen LogP contribution < -0.4 is 10.2 Å². The Labute approximate surface area is 253 Å². The van der Waals surface area contributed by atoms with Crippen molar-refractivity contribution in [3.8, 4) is 0 Å². The fraction of sp³-hybridized carbons (Fsp3) is 0.323. The summed E-state index contributed by atoms with van der Waals surface area (Å²) in [4.78, 5) is 44.2. The Morgan fingerprint density at radius 1 is 1.14 bits per heavy atom. The average Bonchev–Trinajstić information content (AvgIpc) is 3.59. The minimum absolute atomic E-state index is 0.164. The lowest BCUT2D eigenvalue weighted by Crippen LogP contribution is -2.54. The third-order valence-corrected chi connectivity index (χ3v) is 9.97. The van der Waals surface area contributed by atoms with Gasteiger partial charge in [0.25, 0.3) is 0 Å². The lowest BCUT2D eigenvalue weighted by Gasteiger charge is -2.41. The number of halogens is 4. The van der Waals surface area contributed by atoms with E-state index >= 15 is 4.39 Å². The fourth-order valence-electron chi connectivity index (χ4n) is 7.20. The summed E-state index contributed by atoms with van der Waals surface area (Å²) < 4.78 is 35.9. The second-order valence-corrected chi connectivity index (χ2v) is 12.6. The molecular formula is C31H25BrClF2N3O4. The molecule has 4 atom stereocenters. The van der Waals surface area contributed by atoms with E-state index in [1.807, 2.05) is 0 Å². The van der Waals surface area contributed by atoms with E-state index in [2.05, 4.69) is 30.9 Å². The molecule has 3 aliphatic heterocycles. The molecule has 3 aromatic carbocycles. The number of hydrogen-bond acceptors (Lipinski definition) is 5. The summed E-state index contributed by atoms with van der Waals surface area (Å²) in [6, 6.07) is 13.5. The largest absolute Gasteiger partial charge is 0.465 e. The third kappa shape index (κ3) is 3.88. The highest BCUT2D eigenvalue weighted by Gasteiger charge is 2.71. The molecular weight excluding hydrogens is 632 g/mol. The quantitative estimate of drug-likeness (QED) is 0.349. The van der Waals surface area contributed by atoms with Crippen LogP contribution in [0.25, 0.3) is 0 Å². The predicted molar refractivity (Wildman–Crippen MR) is 155 cm³/mol. The van der Waals surface area contributed by atoms with Crippen LogP contribution in [0.2, 0.25) is 5.02 Å². The van der Waals surface area contributed by atoms with E-state index in [0.29, 0.717) is 28.7 Å². The number of fused-ring (bicyclic) bond motifs is 3. The Morgan fingerprint density at radius 2 is 1.93 bits per heavy atom. The smallest absolute Gasteiger partial charge is 0.340 e. The molecule has 1 spiro atoms. The van der Waals surface area contributed by atoms with Crippen molar-refractivity contribution < 1.29 is 27.9 Å². The number of nitrogens with zero attached hydrogens (tertiary/aromatic N) is 2. The van der Waals surface area contributed by atoms with Gasteiger partial charge in [0.15, 0.2) is 0 Å². The molecule has 11 heteroatoms. The van der Waals surface area contributed by atoms with Gasteiger partial charge in [-0.25, -0.2) is 13.6 Å². The Hall–Kier alpha value is -3.34. The molecule has 1 saturated carbocycles. The summed E-state index contributed by atoms with van der Waals surface area (Å²) in [7, 11) is 1.16. The molecule has 216 valence electrons. The maximum atomic E-state index is 16.0. The van der Waals surface area contributed by atoms with Gasteiger partial charge in [0.05, 0.1) is 23.1 Å². The van der Waals surface area contributed by atoms with Gasteiger partial charge in [0, 0.05) is 47.0 Å². The molecule has 4 aliphatic rings. The van der Waals surface area contributed by atoms with E-state index in [0.717, 1.165) is 26.0 Å². The molecule has 42 heavy (non-hydrogen) atoms. The third-order valence-electron chi connectivity index (χ3n) is 9.12. The number of methoxy groups -OCH3 is 1. The number of carbonyl (C=O) groups excluding carboxylic acids is 3. The Morgan fingerprint density at radius 3 is 2.64 bits per heavy atom. The minimum Gasteiger partial charge on any atom is -0.465 e. The molecule has 3 aromatic rings. The highest BCUT2D eigenvalue weighted by molar-refractivity contribution is 9.10. The van der Waals surface area contributed by atoms with Crippen LogP contribution in [0.4, 0.5) is 20.2 Å². The van der Waals surface area contributed by atoms with Crippen molar-refractivity contribution >= 4 is 56.7 Å². The summed E-state index contributed by atoms with van der Waals surface area (Å²) in [6.07, 6.45) is 1.99. The van der Waals surface area contributed by atoms with Crippen LogP contribution in [-0.4, -0.2) is 48.9 Å².